The third-order valence-electron chi connectivity index (χ3n) is 2.45. The summed E-state index contributed by atoms with van der Waals surface area (Å²) in [6.07, 6.45) is 0.405. The lowest BCUT2D eigenvalue weighted by atomic mass is 10.1. The summed E-state index contributed by atoms with van der Waals surface area (Å²) in [6, 6.07) is 5.26. The van der Waals surface area contributed by atoms with Crippen LogP contribution in [0.2, 0.25) is 0 Å². The normalized spacial score (nSPS) is 15.1. The highest BCUT2D eigenvalue weighted by Gasteiger charge is 2.28. The first-order chi connectivity index (χ1) is 6.59. The number of fused-ring (bicyclic) bond motifs is 1. The van der Waals surface area contributed by atoms with E-state index in [4.69, 9.17) is 0 Å². The number of phenolic OH excluding ortho intramolecular Hbond substituents is 1. The number of carbonyl (C=O) groups excluding carboxylic acids is 1. The van der Waals surface area contributed by atoms with Gasteiger partial charge in [-0.3, -0.25) is 4.79 Å². The van der Waals surface area contributed by atoms with Gasteiger partial charge in [-0.1, -0.05) is 0 Å². The third-order valence-corrected chi connectivity index (χ3v) is 2.45. The van der Waals surface area contributed by atoms with E-state index in [0.717, 1.165) is 11.3 Å². The van der Waals surface area contributed by atoms with Gasteiger partial charge in [0.25, 0.3) is 0 Å². The van der Waals surface area contributed by atoms with E-state index in [9.17, 15) is 9.90 Å². The van der Waals surface area contributed by atoms with Gasteiger partial charge in [-0.2, -0.15) is 0 Å². The van der Waals surface area contributed by atoms with Crippen molar-refractivity contribution in [1.82, 2.24) is 0 Å². The van der Waals surface area contributed by atoms with Crippen molar-refractivity contribution >= 4 is 11.6 Å². The van der Waals surface area contributed by atoms with Crippen molar-refractivity contribution < 1.29 is 9.90 Å². The lowest BCUT2D eigenvalue weighted by Gasteiger charge is -2.21. The van der Waals surface area contributed by atoms with Crippen LogP contribution in [0.25, 0.3) is 0 Å². The number of hydrogen-bond acceptors (Lipinski definition) is 2. The molecule has 3 nitrogen and oxygen atoms in total. The minimum atomic E-state index is 0.112. The molecule has 0 saturated carbocycles. The van der Waals surface area contributed by atoms with Gasteiger partial charge in [-0.05, 0) is 37.6 Å². The van der Waals surface area contributed by atoms with Gasteiger partial charge in [0, 0.05) is 11.7 Å². The summed E-state index contributed by atoms with van der Waals surface area (Å²) >= 11 is 0. The number of phenols is 1. The number of carbonyl (C=O) groups is 1. The number of anilines is 1. The smallest absolute Gasteiger partial charge is 0.231 e. The van der Waals surface area contributed by atoms with E-state index in [2.05, 4.69) is 0 Å². The second-order valence-corrected chi connectivity index (χ2v) is 3.85. The van der Waals surface area contributed by atoms with E-state index in [1.165, 1.54) is 0 Å². The second-order valence-electron chi connectivity index (χ2n) is 3.85. The zero-order chi connectivity index (χ0) is 10.3. The summed E-state index contributed by atoms with van der Waals surface area (Å²) in [5.41, 5.74) is 1.85. The minimum Gasteiger partial charge on any atom is -0.508 e. The number of aromatic hydroxyl groups is 1. The minimum absolute atomic E-state index is 0.112. The Bertz CT molecular complexity index is 385. The van der Waals surface area contributed by atoms with E-state index in [1.54, 1.807) is 23.1 Å². The predicted octanol–water partition coefficient (Wildman–Crippen LogP) is 1.69. The summed E-state index contributed by atoms with van der Waals surface area (Å²) in [5, 5.41) is 9.28. The molecule has 0 aliphatic carbocycles. The molecule has 1 heterocycles. The second kappa shape index (κ2) is 3.01. The lowest BCUT2D eigenvalue weighted by molar-refractivity contribution is -0.117. The number of benzene rings is 1. The van der Waals surface area contributed by atoms with Crippen molar-refractivity contribution in [3.63, 3.8) is 0 Å². The maximum absolute atomic E-state index is 11.6. The number of rotatable bonds is 1. The predicted molar refractivity (Wildman–Crippen MR) is 54.4 cm³/mol. The highest BCUT2D eigenvalue weighted by Crippen LogP contribution is 2.32. The fourth-order valence-electron chi connectivity index (χ4n) is 1.90. The summed E-state index contributed by atoms with van der Waals surface area (Å²) < 4.78 is 0. The highest BCUT2D eigenvalue weighted by molar-refractivity contribution is 6.01. The molecule has 1 aliphatic rings. The molecular formula is C11H13NO2. The summed E-state index contributed by atoms with van der Waals surface area (Å²) in [7, 11) is 0. The van der Waals surface area contributed by atoms with Crippen molar-refractivity contribution in [3.05, 3.63) is 23.8 Å². The molecule has 0 atom stereocenters. The van der Waals surface area contributed by atoms with Crippen LogP contribution in [0.15, 0.2) is 18.2 Å². The van der Waals surface area contributed by atoms with Crippen LogP contribution in [0.5, 0.6) is 5.75 Å². The van der Waals surface area contributed by atoms with Gasteiger partial charge in [0.05, 0.1) is 6.42 Å². The van der Waals surface area contributed by atoms with Gasteiger partial charge in [-0.15, -0.1) is 0 Å². The average molecular weight is 191 g/mol. The molecule has 0 spiro atoms. The van der Waals surface area contributed by atoms with E-state index >= 15 is 0 Å². The Morgan fingerprint density at radius 1 is 1.43 bits per heavy atom. The highest BCUT2D eigenvalue weighted by atomic mass is 16.3. The zero-order valence-electron chi connectivity index (χ0n) is 8.32. The quantitative estimate of drug-likeness (QED) is 0.733. The van der Waals surface area contributed by atoms with Crippen molar-refractivity contribution in [3.8, 4) is 5.75 Å². The molecule has 3 heteroatoms. The lowest BCUT2D eigenvalue weighted by Crippen LogP contribution is -2.33. The molecule has 0 saturated heterocycles. The Balaban J connectivity index is 2.48. The molecule has 0 radical (unpaired) electrons. The van der Waals surface area contributed by atoms with Gasteiger partial charge in [0.1, 0.15) is 5.75 Å². The first kappa shape index (κ1) is 9.06. The van der Waals surface area contributed by atoms with Crippen molar-refractivity contribution in [2.45, 2.75) is 26.3 Å². The van der Waals surface area contributed by atoms with Crippen LogP contribution in [0.3, 0.4) is 0 Å². The Morgan fingerprint density at radius 2 is 2.14 bits per heavy atom. The van der Waals surface area contributed by atoms with Crippen LogP contribution in [0.4, 0.5) is 5.69 Å². The maximum Gasteiger partial charge on any atom is 0.231 e. The van der Waals surface area contributed by atoms with Crippen molar-refractivity contribution in [2.24, 2.45) is 0 Å². The Kier molecular flexibility index (Phi) is 1.95. The zero-order valence-corrected chi connectivity index (χ0v) is 8.32. The van der Waals surface area contributed by atoms with Crippen LogP contribution in [-0.2, 0) is 11.2 Å². The summed E-state index contributed by atoms with van der Waals surface area (Å²) in [4.78, 5) is 13.4. The monoisotopic (exact) mass is 191 g/mol. The molecule has 14 heavy (non-hydrogen) atoms. The van der Waals surface area contributed by atoms with E-state index in [1.807, 2.05) is 13.8 Å². The molecule has 1 aromatic rings. The molecule has 0 bridgehead atoms. The largest absolute Gasteiger partial charge is 0.508 e. The third kappa shape index (κ3) is 1.25. The van der Waals surface area contributed by atoms with Crippen LogP contribution in [0, 0.1) is 0 Å². The molecule has 1 aliphatic heterocycles. The SMILES string of the molecule is CC(C)N1C(=O)Cc2cc(O)ccc21. The number of nitrogens with zero attached hydrogens (tertiary/aromatic N) is 1. The van der Waals surface area contributed by atoms with E-state index < -0.39 is 0 Å². The van der Waals surface area contributed by atoms with E-state index in [0.29, 0.717) is 6.42 Å². The molecule has 1 amide bonds. The van der Waals surface area contributed by atoms with Crippen LogP contribution in [0.1, 0.15) is 19.4 Å². The number of amides is 1. The molecule has 0 aromatic heterocycles. The Labute approximate surface area is 83.0 Å². The average Bonchev–Trinajstić information content (AvgIpc) is 2.39. The van der Waals surface area contributed by atoms with Gasteiger partial charge in [-0.25, -0.2) is 0 Å². The molecule has 0 fully saturated rings. The van der Waals surface area contributed by atoms with Gasteiger partial charge in [0.15, 0.2) is 0 Å². The van der Waals surface area contributed by atoms with Crippen LogP contribution < -0.4 is 4.90 Å². The molecule has 1 N–H and O–H groups in total. The van der Waals surface area contributed by atoms with Crippen LogP contribution in [-0.4, -0.2) is 17.1 Å². The Morgan fingerprint density at radius 3 is 2.79 bits per heavy atom. The van der Waals surface area contributed by atoms with Crippen LogP contribution >= 0.6 is 0 Å². The Hall–Kier alpha value is -1.51. The van der Waals surface area contributed by atoms with Crippen molar-refractivity contribution in [1.29, 1.82) is 0 Å². The standard InChI is InChI=1S/C11H13NO2/c1-7(2)12-10-4-3-9(13)5-8(10)6-11(12)14/h3-5,7,13H,6H2,1-2H3. The summed E-state index contributed by atoms with van der Waals surface area (Å²) in [5.74, 6) is 0.336. The fourth-order valence-corrected chi connectivity index (χ4v) is 1.90. The molecule has 2 rings (SSSR count). The van der Waals surface area contributed by atoms with Gasteiger partial charge in [0.2, 0.25) is 5.91 Å². The molecular weight excluding hydrogens is 178 g/mol. The fraction of sp³-hybridized carbons (Fsp3) is 0.364. The number of hydrogen-bond donors (Lipinski definition) is 1. The van der Waals surface area contributed by atoms with Gasteiger partial charge < -0.3 is 10.0 Å². The summed E-state index contributed by atoms with van der Waals surface area (Å²) in [6.45, 7) is 3.97. The van der Waals surface area contributed by atoms with Crippen molar-refractivity contribution in [2.75, 3.05) is 4.90 Å². The molecule has 74 valence electrons. The topological polar surface area (TPSA) is 40.5 Å². The first-order valence-electron chi connectivity index (χ1n) is 4.73. The van der Waals surface area contributed by atoms with Gasteiger partial charge >= 0.3 is 0 Å². The van der Waals surface area contributed by atoms with E-state index in [-0.39, 0.29) is 17.7 Å². The maximum atomic E-state index is 11.6. The first-order valence-corrected chi connectivity index (χ1v) is 4.73. The molecule has 1 aromatic carbocycles. The molecule has 0 unspecified atom stereocenters.